The summed E-state index contributed by atoms with van der Waals surface area (Å²) in [6.45, 7) is 5.79. The van der Waals surface area contributed by atoms with Crippen LogP contribution in [0, 0.1) is 12.8 Å². The molecule has 1 N–H and O–H groups in total. The van der Waals surface area contributed by atoms with Crippen molar-refractivity contribution in [3.05, 3.63) is 35.7 Å². The van der Waals surface area contributed by atoms with Crippen LogP contribution in [-0.2, 0) is 21.4 Å². The van der Waals surface area contributed by atoms with Gasteiger partial charge in [-0.05, 0) is 37.8 Å². The van der Waals surface area contributed by atoms with Crippen LogP contribution in [-0.4, -0.2) is 59.1 Å². The van der Waals surface area contributed by atoms with E-state index in [-0.39, 0.29) is 18.2 Å². The molecule has 0 unspecified atom stereocenters. The monoisotopic (exact) mass is 437 g/mol. The fourth-order valence-electron chi connectivity index (χ4n) is 3.29. The SMILES string of the molecule is Cc1ccc(-n2c(CNS(C)(=O)=O)nnc2SCC(=O)N2CCC[C@H](C)C2)cc1. The first-order chi connectivity index (χ1) is 13.7. The molecule has 1 aliphatic heterocycles. The number of rotatable bonds is 7. The van der Waals surface area contributed by atoms with Gasteiger partial charge in [-0.3, -0.25) is 9.36 Å². The molecule has 1 atom stereocenters. The van der Waals surface area contributed by atoms with Crippen molar-refractivity contribution in [3.63, 3.8) is 0 Å². The summed E-state index contributed by atoms with van der Waals surface area (Å²) in [6, 6.07) is 7.80. The van der Waals surface area contributed by atoms with Gasteiger partial charge in [-0.25, -0.2) is 13.1 Å². The lowest BCUT2D eigenvalue weighted by Crippen LogP contribution is -2.40. The second kappa shape index (κ2) is 9.27. The van der Waals surface area contributed by atoms with E-state index in [0.29, 0.717) is 16.9 Å². The topological polar surface area (TPSA) is 97.2 Å². The lowest BCUT2D eigenvalue weighted by atomic mass is 10.0. The summed E-state index contributed by atoms with van der Waals surface area (Å²) in [7, 11) is -3.36. The number of aromatic nitrogens is 3. The maximum absolute atomic E-state index is 12.6. The fourth-order valence-corrected chi connectivity index (χ4v) is 4.56. The molecule has 29 heavy (non-hydrogen) atoms. The van der Waals surface area contributed by atoms with Crippen molar-refractivity contribution in [2.24, 2.45) is 5.92 Å². The molecule has 1 aromatic heterocycles. The summed E-state index contributed by atoms with van der Waals surface area (Å²) in [5, 5.41) is 8.95. The molecule has 8 nitrogen and oxygen atoms in total. The van der Waals surface area contributed by atoms with E-state index in [0.717, 1.165) is 43.4 Å². The average Bonchev–Trinajstić information content (AvgIpc) is 3.07. The van der Waals surface area contributed by atoms with Crippen LogP contribution in [0.3, 0.4) is 0 Å². The van der Waals surface area contributed by atoms with E-state index in [1.807, 2.05) is 36.1 Å². The van der Waals surface area contributed by atoms with Gasteiger partial charge >= 0.3 is 0 Å². The largest absolute Gasteiger partial charge is 0.342 e. The van der Waals surface area contributed by atoms with Crippen LogP contribution in [0.2, 0.25) is 0 Å². The summed E-state index contributed by atoms with van der Waals surface area (Å²) in [5.41, 5.74) is 1.94. The minimum atomic E-state index is -3.36. The molecule has 0 saturated carbocycles. The summed E-state index contributed by atoms with van der Waals surface area (Å²) < 4.78 is 27.3. The highest BCUT2D eigenvalue weighted by molar-refractivity contribution is 7.99. The molecule has 0 radical (unpaired) electrons. The molecule has 1 fully saturated rings. The smallest absolute Gasteiger partial charge is 0.233 e. The number of benzene rings is 1. The number of carbonyl (C=O) groups excluding carboxylic acids is 1. The zero-order valence-corrected chi connectivity index (χ0v) is 18.6. The minimum absolute atomic E-state index is 0.0257. The molecule has 1 amide bonds. The second-order valence-electron chi connectivity index (χ2n) is 7.54. The predicted octanol–water partition coefficient (Wildman–Crippen LogP) is 1.98. The number of hydrogen-bond donors (Lipinski definition) is 1. The molecule has 1 saturated heterocycles. The molecule has 2 aromatic rings. The fraction of sp³-hybridized carbons (Fsp3) is 0.526. The molecule has 0 bridgehead atoms. The van der Waals surface area contributed by atoms with Crippen molar-refractivity contribution in [2.45, 2.75) is 38.4 Å². The van der Waals surface area contributed by atoms with Gasteiger partial charge in [0.1, 0.15) is 0 Å². The molecule has 1 aliphatic rings. The predicted molar refractivity (Wildman–Crippen MR) is 113 cm³/mol. The van der Waals surface area contributed by atoms with Crippen molar-refractivity contribution in [2.75, 3.05) is 25.1 Å². The molecule has 3 rings (SSSR count). The highest BCUT2D eigenvalue weighted by Gasteiger charge is 2.22. The van der Waals surface area contributed by atoms with Crippen molar-refractivity contribution in [1.82, 2.24) is 24.4 Å². The van der Waals surface area contributed by atoms with Gasteiger partial charge in [0.05, 0.1) is 18.6 Å². The second-order valence-corrected chi connectivity index (χ2v) is 10.3. The minimum Gasteiger partial charge on any atom is -0.342 e. The number of hydrogen-bond acceptors (Lipinski definition) is 6. The normalized spacial score (nSPS) is 17.5. The van der Waals surface area contributed by atoms with Gasteiger partial charge < -0.3 is 4.90 Å². The van der Waals surface area contributed by atoms with Crippen molar-refractivity contribution in [1.29, 1.82) is 0 Å². The van der Waals surface area contributed by atoms with Gasteiger partial charge in [0, 0.05) is 18.8 Å². The molecule has 158 valence electrons. The van der Waals surface area contributed by atoms with Crippen molar-refractivity contribution >= 4 is 27.7 Å². The van der Waals surface area contributed by atoms with Gasteiger partial charge in [0.2, 0.25) is 15.9 Å². The van der Waals surface area contributed by atoms with Crippen LogP contribution in [0.4, 0.5) is 0 Å². The third kappa shape index (κ3) is 6.03. The zero-order valence-electron chi connectivity index (χ0n) is 17.0. The zero-order chi connectivity index (χ0) is 21.0. The van der Waals surface area contributed by atoms with Gasteiger partial charge in [0.25, 0.3) is 0 Å². The molecule has 10 heteroatoms. The molecule has 1 aromatic carbocycles. The Kier molecular flexibility index (Phi) is 6.97. The summed E-state index contributed by atoms with van der Waals surface area (Å²) >= 11 is 1.32. The maximum atomic E-state index is 12.6. The number of amides is 1. The van der Waals surface area contributed by atoms with Crippen LogP contribution in [0.15, 0.2) is 29.4 Å². The quantitative estimate of drug-likeness (QED) is 0.665. The number of piperidine rings is 1. The van der Waals surface area contributed by atoms with Crippen LogP contribution in [0.1, 0.15) is 31.2 Å². The number of sulfonamides is 1. The standard InChI is InChI=1S/C19H27N5O3S2/c1-14-6-8-16(9-7-14)24-17(11-20-29(3,26)27)21-22-19(24)28-13-18(25)23-10-4-5-15(2)12-23/h6-9,15,20H,4-5,10-13H2,1-3H3/t15-/m0/s1. The van der Waals surface area contributed by atoms with Gasteiger partial charge in [-0.1, -0.05) is 36.4 Å². The Balaban J connectivity index is 1.79. The summed E-state index contributed by atoms with van der Waals surface area (Å²) in [6.07, 6.45) is 3.31. The Morgan fingerprint density at radius 1 is 1.28 bits per heavy atom. The number of thioether (sulfide) groups is 1. The van der Waals surface area contributed by atoms with Gasteiger partial charge in [-0.2, -0.15) is 0 Å². The van der Waals surface area contributed by atoms with E-state index < -0.39 is 10.0 Å². The lowest BCUT2D eigenvalue weighted by molar-refractivity contribution is -0.130. The first kappa shape index (κ1) is 21.8. The van der Waals surface area contributed by atoms with Gasteiger partial charge in [-0.15, -0.1) is 10.2 Å². The third-order valence-electron chi connectivity index (χ3n) is 4.82. The Labute approximate surface area is 176 Å². The third-order valence-corrected chi connectivity index (χ3v) is 6.40. The highest BCUT2D eigenvalue weighted by atomic mass is 32.2. The Morgan fingerprint density at radius 3 is 2.66 bits per heavy atom. The maximum Gasteiger partial charge on any atom is 0.233 e. The summed E-state index contributed by atoms with van der Waals surface area (Å²) in [5.74, 6) is 1.37. The van der Waals surface area contributed by atoms with E-state index >= 15 is 0 Å². The van der Waals surface area contributed by atoms with E-state index in [2.05, 4.69) is 21.8 Å². The highest BCUT2D eigenvalue weighted by Crippen LogP contribution is 2.24. The molecular formula is C19H27N5O3S2. The number of aryl methyl sites for hydroxylation is 1. The van der Waals surface area contributed by atoms with E-state index in [1.165, 1.54) is 11.8 Å². The molecule has 0 spiro atoms. The van der Waals surface area contributed by atoms with E-state index in [9.17, 15) is 13.2 Å². The molecule has 0 aliphatic carbocycles. The van der Waals surface area contributed by atoms with Gasteiger partial charge in [0.15, 0.2) is 11.0 Å². The molecule has 2 heterocycles. The van der Waals surface area contributed by atoms with Crippen LogP contribution < -0.4 is 4.72 Å². The Bertz CT molecular complexity index is 957. The Morgan fingerprint density at radius 2 is 2.00 bits per heavy atom. The first-order valence-electron chi connectivity index (χ1n) is 9.59. The van der Waals surface area contributed by atoms with E-state index in [1.54, 1.807) is 4.57 Å². The average molecular weight is 438 g/mol. The lowest BCUT2D eigenvalue weighted by Gasteiger charge is -2.30. The Hall–Kier alpha value is -1.91. The van der Waals surface area contributed by atoms with Crippen LogP contribution in [0.25, 0.3) is 5.69 Å². The first-order valence-corrected chi connectivity index (χ1v) is 12.5. The number of likely N-dealkylation sites (tertiary alicyclic amines) is 1. The van der Waals surface area contributed by atoms with Crippen molar-refractivity contribution < 1.29 is 13.2 Å². The van der Waals surface area contributed by atoms with E-state index in [4.69, 9.17) is 0 Å². The van der Waals surface area contributed by atoms with Crippen LogP contribution >= 0.6 is 11.8 Å². The number of nitrogens with zero attached hydrogens (tertiary/aromatic N) is 4. The molecular weight excluding hydrogens is 410 g/mol. The number of carbonyl (C=O) groups is 1. The summed E-state index contributed by atoms with van der Waals surface area (Å²) in [4.78, 5) is 14.5. The van der Waals surface area contributed by atoms with Crippen molar-refractivity contribution in [3.8, 4) is 5.69 Å². The number of nitrogens with one attached hydrogen (secondary N) is 1. The van der Waals surface area contributed by atoms with Crippen LogP contribution in [0.5, 0.6) is 0 Å².